The van der Waals surface area contributed by atoms with E-state index in [1.807, 2.05) is 0 Å². The fraction of sp³-hybridized carbons (Fsp3) is 0.222. The zero-order valence-electron chi connectivity index (χ0n) is 14.9. The average Bonchev–Trinajstić information content (AvgIpc) is 2.66. The van der Waals surface area contributed by atoms with Crippen LogP contribution in [0.3, 0.4) is 0 Å². The zero-order chi connectivity index (χ0) is 20.5. The van der Waals surface area contributed by atoms with Crippen molar-refractivity contribution >= 4 is 29.4 Å². The summed E-state index contributed by atoms with van der Waals surface area (Å²) in [4.78, 5) is 16.8. The Labute approximate surface area is 164 Å². The molecule has 1 amide bonds. The maximum atomic E-state index is 12.3. The Bertz CT molecular complexity index is 849. The third kappa shape index (κ3) is 6.27. The molecule has 10 heteroatoms. The third-order valence-corrected chi connectivity index (χ3v) is 3.61. The highest BCUT2D eigenvalue weighted by molar-refractivity contribution is 6.32. The van der Waals surface area contributed by atoms with Crippen molar-refractivity contribution in [3.8, 4) is 17.2 Å². The second-order valence-corrected chi connectivity index (χ2v) is 5.60. The molecule has 2 rings (SSSR count). The Balaban J connectivity index is 1.87. The molecule has 0 aliphatic rings. The Morgan fingerprint density at radius 2 is 1.86 bits per heavy atom. The van der Waals surface area contributed by atoms with Crippen LogP contribution in [0, 0.1) is 0 Å². The quantitative estimate of drug-likeness (QED) is 0.496. The Hall–Kier alpha value is -3.07. The molecule has 28 heavy (non-hydrogen) atoms. The van der Waals surface area contributed by atoms with Crippen LogP contribution < -0.4 is 19.5 Å². The van der Waals surface area contributed by atoms with Gasteiger partial charge in [0.1, 0.15) is 5.75 Å². The molecule has 2 aromatic carbocycles. The molecule has 0 unspecified atom stereocenters. The number of alkyl halides is 2. The summed E-state index contributed by atoms with van der Waals surface area (Å²) < 4.78 is 38.9. The summed E-state index contributed by atoms with van der Waals surface area (Å²) in [6.07, 6.45) is 1.30. The van der Waals surface area contributed by atoms with Crippen molar-refractivity contribution in [3.05, 3.63) is 47.0 Å². The number of ether oxygens (including phenoxy) is 3. The number of methoxy groups -OCH3 is 2. The molecule has 0 aromatic heterocycles. The molecule has 150 valence electrons. The number of oxime groups is 1. The monoisotopic (exact) mass is 414 g/mol. The van der Waals surface area contributed by atoms with Gasteiger partial charge < -0.3 is 24.4 Å². The Morgan fingerprint density at radius 3 is 2.50 bits per heavy atom. The van der Waals surface area contributed by atoms with E-state index in [9.17, 15) is 13.6 Å². The molecule has 0 spiro atoms. The van der Waals surface area contributed by atoms with E-state index in [-0.39, 0.29) is 18.1 Å². The highest BCUT2D eigenvalue weighted by Crippen LogP contribution is 2.29. The minimum atomic E-state index is -2.96. The van der Waals surface area contributed by atoms with Gasteiger partial charge in [0.15, 0.2) is 18.1 Å². The van der Waals surface area contributed by atoms with E-state index in [0.29, 0.717) is 22.0 Å². The van der Waals surface area contributed by atoms with Crippen molar-refractivity contribution in [2.24, 2.45) is 5.16 Å². The third-order valence-electron chi connectivity index (χ3n) is 3.31. The molecule has 0 saturated heterocycles. The molecule has 7 nitrogen and oxygen atoms in total. The topological polar surface area (TPSA) is 78.4 Å². The van der Waals surface area contributed by atoms with Crippen molar-refractivity contribution in [2.45, 2.75) is 6.61 Å². The van der Waals surface area contributed by atoms with Gasteiger partial charge in [0.2, 0.25) is 0 Å². The lowest BCUT2D eigenvalue weighted by Crippen LogP contribution is -2.16. The van der Waals surface area contributed by atoms with Gasteiger partial charge in [-0.3, -0.25) is 4.79 Å². The second kappa shape index (κ2) is 10.3. The lowest BCUT2D eigenvalue weighted by Gasteiger charge is -2.10. The number of nitrogens with one attached hydrogen (secondary N) is 1. The van der Waals surface area contributed by atoms with Gasteiger partial charge in [-0.2, -0.15) is 8.78 Å². The molecule has 0 aliphatic carbocycles. The first kappa shape index (κ1) is 21.2. The Morgan fingerprint density at radius 1 is 1.14 bits per heavy atom. The second-order valence-electron chi connectivity index (χ2n) is 5.19. The highest BCUT2D eigenvalue weighted by atomic mass is 35.5. The standard InChI is InChI=1S/C18H17ClF2N2O5/c1-25-14-6-4-12(8-13(14)19)23-17(24)10-27-22-9-11-3-5-15(28-18(20)21)16(7-11)26-2/h3-9,18H,10H2,1-2H3,(H,23,24)/b22-9+. The molecule has 0 aliphatic heterocycles. The van der Waals surface area contributed by atoms with Gasteiger partial charge in [0.05, 0.1) is 25.5 Å². The fourth-order valence-electron chi connectivity index (χ4n) is 2.09. The summed E-state index contributed by atoms with van der Waals surface area (Å²) in [5, 5.41) is 6.60. The van der Waals surface area contributed by atoms with E-state index in [1.54, 1.807) is 12.1 Å². The summed E-state index contributed by atoms with van der Waals surface area (Å²) in [6, 6.07) is 9.01. The molecule has 2 aromatic rings. The predicted molar refractivity (Wildman–Crippen MR) is 99.8 cm³/mol. The van der Waals surface area contributed by atoms with Gasteiger partial charge in [-0.15, -0.1) is 0 Å². The summed E-state index contributed by atoms with van der Waals surface area (Å²) in [6.45, 7) is -3.31. The number of carbonyl (C=O) groups is 1. The first-order valence-electron chi connectivity index (χ1n) is 7.84. The van der Waals surface area contributed by atoms with E-state index in [2.05, 4.69) is 15.2 Å². The minimum Gasteiger partial charge on any atom is -0.495 e. The van der Waals surface area contributed by atoms with Crippen molar-refractivity contribution in [1.82, 2.24) is 0 Å². The number of halogens is 3. The van der Waals surface area contributed by atoms with E-state index in [4.69, 9.17) is 25.9 Å². The maximum Gasteiger partial charge on any atom is 0.387 e. The first-order valence-corrected chi connectivity index (χ1v) is 8.22. The minimum absolute atomic E-state index is 0.104. The van der Waals surface area contributed by atoms with Gasteiger partial charge in [0, 0.05) is 11.3 Å². The van der Waals surface area contributed by atoms with Crippen LogP contribution in [0.15, 0.2) is 41.6 Å². The van der Waals surface area contributed by atoms with E-state index in [1.165, 1.54) is 44.7 Å². The van der Waals surface area contributed by atoms with Crippen LogP contribution in [0.4, 0.5) is 14.5 Å². The molecule has 0 fully saturated rings. The van der Waals surface area contributed by atoms with Gasteiger partial charge in [-0.05, 0) is 36.4 Å². The molecule has 0 atom stereocenters. The number of benzene rings is 2. The molecule has 0 bridgehead atoms. The highest BCUT2D eigenvalue weighted by Gasteiger charge is 2.10. The summed E-state index contributed by atoms with van der Waals surface area (Å²) in [5.74, 6) is 0.0454. The van der Waals surface area contributed by atoms with Crippen molar-refractivity contribution in [3.63, 3.8) is 0 Å². The maximum absolute atomic E-state index is 12.3. The Kier molecular flexibility index (Phi) is 7.82. The van der Waals surface area contributed by atoms with E-state index >= 15 is 0 Å². The van der Waals surface area contributed by atoms with Crippen LogP contribution in [0.5, 0.6) is 17.2 Å². The summed E-state index contributed by atoms with van der Waals surface area (Å²) >= 11 is 5.98. The van der Waals surface area contributed by atoms with Crippen LogP contribution in [0.2, 0.25) is 5.02 Å². The molecular weight excluding hydrogens is 398 g/mol. The van der Waals surface area contributed by atoms with Gasteiger partial charge >= 0.3 is 6.61 Å². The summed E-state index contributed by atoms with van der Waals surface area (Å²) in [5.41, 5.74) is 0.976. The average molecular weight is 415 g/mol. The number of hydrogen-bond acceptors (Lipinski definition) is 6. The van der Waals surface area contributed by atoms with Crippen LogP contribution >= 0.6 is 11.6 Å². The van der Waals surface area contributed by atoms with Gasteiger partial charge in [-0.25, -0.2) is 0 Å². The van der Waals surface area contributed by atoms with Crippen LogP contribution in [-0.2, 0) is 9.63 Å². The number of rotatable bonds is 9. The lowest BCUT2D eigenvalue weighted by atomic mass is 10.2. The van der Waals surface area contributed by atoms with Gasteiger partial charge in [-0.1, -0.05) is 16.8 Å². The number of nitrogens with zero attached hydrogens (tertiary/aromatic N) is 1. The SMILES string of the molecule is COc1ccc(NC(=O)CO/N=C/c2ccc(OC(F)F)c(OC)c2)cc1Cl. The molecule has 1 N–H and O–H groups in total. The number of hydrogen-bond donors (Lipinski definition) is 1. The first-order chi connectivity index (χ1) is 13.4. The molecule has 0 saturated carbocycles. The van der Waals surface area contributed by atoms with Crippen LogP contribution in [0.1, 0.15) is 5.56 Å². The molecular formula is C18H17ClF2N2O5. The smallest absolute Gasteiger partial charge is 0.387 e. The van der Waals surface area contributed by atoms with Crippen molar-refractivity contribution < 1.29 is 32.6 Å². The molecule has 0 heterocycles. The summed E-state index contributed by atoms with van der Waals surface area (Å²) in [7, 11) is 2.81. The molecule has 0 radical (unpaired) electrons. The van der Waals surface area contributed by atoms with E-state index in [0.717, 1.165) is 0 Å². The van der Waals surface area contributed by atoms with Crippen LogP contribution in [-0.4, -0.2) is 39.6 Å². The largest absolute Gasteiger partial charge is 0.495 e. The van der Waals surface area contributed by atoms with Crippen molar-refractivity contribution in [2.75, 3.05) is 26.1 Å². The lowest BCUT2D eigenvalue weighted by molar-refractivity contribution is -0.120. The van der Waals surface area contributed by atoms with Crippen LogP contribution in [0.25, 0.3) is 0 Å². The number of carbonyl (C=O) groups excluding carboxylic acids is 1. The number of anilines is 1. The van der Waals surface area contributed by atoms with Gasteiger partial charge in [0.25, 0.3) is 5.91 Å². The predicted octanol–water partition coefficient (Wildman–Crippen LogP) is 3.95. The number of amides is 1. The fourth-order valence-corrected chi connectivity index (χ4v) is 2.35. The normalized spacial score (nSPS) is 10.8. The van der Waals surface area contributed by atoms with E-state index < -0.39 is 12.5 Å². The zero-order valence-corrected chi connectivity index (χ0v) is 15.7. The van der Waals surface area contributed by atoms with Crippen molar-refractivity contribution in [1.29, 1.82) is 0 Å².